The van der Waals surface area contributed by atoms with Crippen LogP contribution in [0, 0.1) is 12.8 Å². The molecule has 142 valence electrons. The molecule has 0 spiro atoms. The molecule has 3 rings (SSSR count). The largest absolute Gasteiger partial charge is 0.416 e. The second-order valence-corrected chi connectivity index (χ2v) is 6.56. The van der Waals surface area contributed by atoms with E-state index in [4.69, 9.17) is 0 Å². The van der Waals surface area contributed by atoms with Crippen molar-refractivity contribution in [3.63, 3.8) is 0 Å². The number of benzene rings is 1. The smallest absolute Gasteiger partial charge is 0.338 e. The van der Waals surface area contributed by atoms with Crippen molar-refractivity contribution in [2.24, 2.45) is 5.92 Å². The number of hydrogen-bond donors (Lipinski definition) is 1. The first-order valence-corrected chi connectivity index (χ1v) is 8.33. The van der Waals surface area contributed by atoms with Gasteiger partial charge in [0.2, 0.25) is 11.8 Å². The van der Waals surface area contributed by atoms with E-state index in [1.807, 2.05) is 0 Å². The summed E-state index contributed by atoms with van der Waals surface area (Å²) in [5, 5.41) is 2.53. The van der Waals surface area contributed by atoms with Crippen LogP contribution in [0.2, 0.25) is 0 Å². The predicted molar refractivity (Wildman–Crippen MR) is 92.7 cm³/mol. The van der Waals surface area contributed by atoms with Crippen molar-refractivity contribution < 1.29 is 22.8 Å². The summed E-state index contributed by atoms with van der Waals surface area (Å²) >= 11 is 0. The maximum atomic E-state index is 13.1. The van der Waals surface area contributed by atoms with Crippen molar-refractivity contribution in [2.45, 2.75) is 25.6 Å². The van der Waals surface area contributed by atoms with Crippen LogP contribution >= 0.6 is 0 Å². The van der Waals surface area contributed by atoms with Gasteiger partial charge in [0.15, 0.2) is 0 Å². The van der Waals surface area contributed by atoms with Crippen molar-refractivity contribution in [3.8, 4) is 0 Å². The number of aromatic nitrogens is 1. The molecule has 1 fully saturated rings. The highest BCUT2D eigenvalue weighted by molar-refractivity contribution is 5.98. The first-order valence-electron chi connectivity index (χ1n) is 8.33. The summed E-state index contributed by atoms with van der Waals surface area (Å²) in [6, 6.07) is 6.59. The molecule has 8 heteroatoms. The fourth-order valence-electron chi connectivity index (χ4n) is 3.35. The summed E-state index contributed by atoms with van der Waals surface area (Å²) in [6.45, 7) is 1.36. The summed E-state index contributed by atoms with van der Waals surface area (Å²) in [5.41, 5.74) is 0.0176. The molecule has 2 unspecified atom stereocenters. The van der Waals surface area contributed by atoms with Crippen molar-refractivity contribution in [1.82, 2.24) is 9.88 Å². The molecule has 0 radical (unpaired) electrons. The third-order valence-corrected chi connectivity index (χ3v) is 4.76. The topological polar surface area (TPSA) is 62.3 Å². The lowest BCUT2D eigenvalue weighted by Crippen LogP contribution is -2.30. The maximum Gasteiger partial charge on any atom is 0.416 e. The Morgan fingerprint density at radius 3 is 2.67 bits per heavy atom. The number of nitrogens with one attached hydrogen (secondary N) is 1. The summed E-state index contributed by atoms with van der Waals surface area (Å²) < 4.78 is 39.2. The zero-order valence-corrected chi connectivity index (χ0v) is 14.7. The molecule has 5 nitrogen and oxygen atoms in total. The molecule has 1 aromatic heterocycles. The Morgan fingerprint density at radius 1 is 1.30 bits per heavy atom. The molecule has 2 heterocycles. The number of likely N-dealkylation sites (tertiary alicyclic amines) is 1. The number of nitrogens with zero attached hydrogens (tertiary/aromatic N) is 2. The molecule has 1 N–H and O–H groups in total. The molecule has 2 amide bonds. The fraction of sp³-hybridized carbons (Fsp3) is 0.316. The molecule has 1 aromatic carbocycles. The van der Waals surface area contributed by atoms with Gasteiger partial charge in [-0.2, -0.15) is 13.2 Å². The Bertz CT molecular complexity index is 868. The number of pyridine rings is 1. The van der Waals surface area contributed by atoms with Crippen molar-refractivity contribution in [1.29, 1.82) is 0 Å². The summed E-state index contributed by atoms with van der Waals surface area (Å²) in [7, 11) is 1.60. The zero-order chi connectivity index (χ0) is 19.8. The molecule has 2 atom stereocenters. The minimum atomic E-state index is -4.51. The molecule has 1 saturated heterocycles. The molecule has 0 aliphatic carbocycles. The van der Waals surface area contributed by atoms with Crippen LogP contribution in [0.4, 0.5) is 18.9 Å². The molecule has 2 aromatic rings. The quantitative estimate of drug-likeness (QED) is 0.890. The van der Waals surface area contributed by atoms with Crippen molar-refractivity contribution in [2.75, 3.05) is 12.4 Å². The van der Waals surface area contributed by atoms with Gasteiger partial charge >= 0.3 is 6.18 Å². The molecule has 0 saturated carbocycles. The van der Waals surface area contributed by atoms with E-state index in [9.17, 15) is 22.8 Å². The molecule has 0 bridgehead atoms. The van der Waals surface area contributed by atoms with Crippen LogP contribution in [0.15, 0.2) is 42.7 Å². The van der Waals surface area contributed by atoms with Crippen LogP contribution < -0.4 is 5.32 Å². The summed E-state index contributed by atoms with van der Waals surface area (Å²) in [5.74, 6) is -1.43. The van der Waals surface area contributed by atoms with Gasteiger partial charge in [-0.15, -0.1) is 0 Å². The minimum absolute atomic E-state index is 0.0140. The predicted octanol–water partition coefficient (Wildman–Crippen LogP) is 3.57. The van der Waals surface area contributed by atoms with E-state index in [1.165, 1.54) is 24.0 Å². The molecule has 1 aliphatic rings. The molecular formula is C19H18F3N3O2. The van der Waals surface area contributed by atoms with Crippen LogP contribution in [0.25, 0.3) is 0 Å². The van der Waals surface area contributed by atoms with Gasteiger partial charge in [0.25, 0.3) is 0 Å². The van der Waals surface area contributed by atoms with Crippen LogP contribution in [-0.4, -0.2) is 28.7 Å². The van der Waals surface area contributed by atoms with E-state index in [-0.39, 0.29) is 23.6 Å². The molecular weight excluding hydrogens is 359 g/mol. The van der Waals surface area contributed by atoms with Gasteiger partial charge in [-0.1, -0.05) is 12.1 Å². The number of aryl methyl sites for hydroxylation is 1. The summed E-state index contributed by atoms with van der Waals surface area (Å²) in [4.78, 5) is 30.4. The maximum absolute atomic E-state index is 13.1. The SMILES string of the molecule is Cc1ccc(NC(=O)C2CC(=O)N(C)C2c2cccnc2)cc1C(F)(F)F. The third-order valence-electron chi connectivity index (χ3n) is 4.76. The summed E-state index contributed by atoms with van der Waals surface area (Å²) in [6.07, 6.45) is -1.36. The molecule has 27 heavy (non-hydrogen) atoms. The average Bonchev–Trinajstić information content (AvgIpc) is 2.91. The number of alkyl halides is 3. The number of carbonyl (C=O) groups excluding carboxylic acids is 2. The Balaban J connectivity index is 1.86. The van der Waals surface area contributed by atoms with Crippen molar-refractivity contribution in [3.05, 3.63) is 59.4 Å². The molecule has 1 aliphatic heterocycles. The van der Waals surface area contributed by atoms with E-state index >= 15 is 0 Å². The van der Waals surface area contributed by atoms with Crippen LogP contribution in [0.3, 0.4) is 0 Å². The lowest BCUT2D eigenvalue weighted by atomic mass is 9.93. The highest BCUT2D eigenvalue weighted by Crippen LogP contribution is 2.38. The zero-order valence-electron chi connectivity index (χ0n) is 14.7. The van der Waals surface area contributed by atoms with E-state index < -0.39 is 29.6 Å². The average molecular weight is 377 g/mol. The first kappa shape index (κ1) is 18.9. The Hall–Kier alpha value is -2.90. The van der Waals surface area contributed by atoms with Crippen LogP contribution in [0.1, 0.15) is 29.2 Å². The van der Waals surface area contributed by atoms with E-state index in [1.54, 1.807) is 31.6 Å². The van der Waals surface area contributed by atoms with Crippen LogP contribution in [-0.2, 0) is 15.8 Å². The van der Waals surface area contributed by atoms with Gasteiger partial charge in [-0.3, -0.25) is 14.6 Å². The normalized spacial score (nSPS) is 20.0. The highest BCUT2D eigenvalue weighted by atomic mass is 19.4. The van der Waals surface area contributed by atoms with Gasteiger partial charge in [-0.05, 0) is 36.2 Å². The first-order chi connectivity index (χ1) is 12.7. The monoisotopic (exact) mass is 377 g/mol. The number of carbonyl (C=O) groups is 2. The van der Waals surface area contributed by atoms with E-state index in [0.717, 1.165) is 6.07 Å². The number of hydrogen-bond acceptors (Lipinski definition) is 3. The Kier molecular flexibility index (Phi) is 4.91. The second-order valence-electron chi connectivity index (χ2n) is 6.56. The van der Waals surface area contributed by atoms with Gasteiger partial charge in [0.1, 0.15) is 0 Å². The highest BCUT2D eigenvalue weighted by Gasteiger charge is 2.43. The van der Waals surface area contributed by atoms with E-state index in [0.29, 0.717) is 5.56 Å². The van der Waals surface area contributed by atoms with E-state index in [2.05, 4.69) is 10.3 Å². The number of halogens is 3. The van der Waals surface area contributed by atoms with Gasteiger partial charge < -0.3 is 10.2 Å². The Labute approximate surface area is 154 Å². The van der Waals surface area contributed by atoms with Gasteiger partial charge in [0, 0.05) is 31.5 Å². The fourth-order valence-corrected chi connectivity index (χ4v) is 3.35. The van der Waals surface area contributed by atoms with Gasteiger partial charge in [0.05, 0.1) is 17.5 Å². The standard InChI is InChI=1S/C19H18F3N3O2/c1-11-5-6-13(8-15(11)19(20,21)22)24-18(27)14-9-16(26)25(2)17(14)12-4-3-7-23-10-12/h3-8,10,14,17H,9H2,1-2H3,(H,24,27). The number of rotatable bonds is 3. The second kappa shape index (κ2) is 7.02. The third kappa shape index (κ3) is 3.79. The van der Waals surface area contributed by atoms with Crippen LogP contribution in [0.5, 0.6) is 0 Å². The number of amides is 2. The lowest BCUT2D eigenvalue weighted by molar-refractivity contribution is -0.138. The lowest BCUT2D eigenvalue weighted by Gasteiger charge is -2.24. The minimum Gasteiger partial charge on any atom is -0.338 e. The van der Waals surface area contributed by atoms with Gasteiger partial charge in [-0.25, -0.2) is 0 Å². The Morgan fingerprint density at radius 2 is 2.04 bits per heavy atom. The van der Waals surface area contributed by atoms with Crippen molar-refractivity contribution >= 4 is 17.5 Å². The number of anilines is 1.